The van der Waals surface area contributed by atoms with Crippen LogP contribution in [-0.2, 0) is 0 Å². The fourth-order valence-corrected chi connectivity index (χ4v) is 3.10. The number of hydrogen-bond donors (Lipinski definition) is 1. The molecule has 0 bridgehead atoms. The summed E-state index contributed by atoms with van der Waals surface area (Å²) in [5.41, 5.74) is 0.761. The molecule has 0 unspecified atom stereocenters. The zero-order chi connectivity index (χ0) is 12.4. The number of likely N-dealkylation sites (tertiary alicyclic amines) is 1. The smallest absolute Gasteiger partial charge is 0.274 e. The van der Waals surface area contributed by atoms with Crippen LogP contribution in [0.3, 0.4) is 0 Å². The van der Waals surface area contributed by atoms with Crippen molar-refractivity contribution in [3.8, 4) is 0 Å². The van der Waals surface area contributed by atoms with E-state index >= 15 is 0 Å². The molecule has 1 atom stereocenters. The Labute approximate surface area is 107 Å². The highest BCUT2D eigenvalue weighted by Gasteiger charge is 2.39. The monoisotopic (exact) mass is 246 g/mol. The summed E-state index contributed by atoms with van der Waals surface area (Å²) in [6.07, 6.45) is 8.21. The molecule has 5 nitrogen and oxygen atoms in total. The molecular formula is C13H18N4O. The van der Waals surface area contributed by atoms with E-state index in [1.54, 1.807) is 18.6 Å². The number of rotatable bonds is 1. The van der Waals surface area contributed by atoms with Gasteiger partial charge in [0, 0.05) is 37.4 Å². The Morgan fingerprint density at radius 1 is 1.39 bits per heavy atom. The van der Waals surface area contributed by atoms with Gasteiger partial charge >= 0.3 is 0 Å². The van der Waals surface area contributed by atoms with Crippen molar-refractivity contribution < 1.29 is 4.79 Å². The normalized spacial score (nSPS) is 27.7. The molecule has 1 amide bonds. The highest BCUT2D eigenvalue weighted by Crippen LogP contribution is 2.35. The van der Waals surface area contributed by atoms with Crippen LogP contribution in [0.2, 0.25) is 0 Å². The van der Waals surface area contributed by atoms with Gasteiger partial charge in [0.15, 0.2) is 0 Å². The number of carbonyl (C=O) groups excluding carboxylic acids is 1. The quantitative estimate of drug-likeness (QED) is 0.792. The second kappa shape index (κ2) is 4.65. The third-order valence-corrected chi connectivity index (χ3v) is 4.06. The zero-order valence-electron chi connectivity index (χ0n) is 10.4. The van der Waals surface area contributed by atoms with Crippen LogP contribution in [0.5, 0.6) is 0 Å². The molecule has 96 valence electrons. The van der Waals surface area contributed by atoms with Gasteiger partial charge in [-0.2, -0.15) is 0 Å². The van der Waals surface area contributed by atoms with E-state index < -0.39 is 0 Å². The summed E-state index contributed by atoms with van der Waals surface area (Å²) in [4.78, 5) is 22.4. The van der Waals surface area contributed by atoms with E-state index in [0.29, 0.717) is 11.1 Å². The third-order valence-electron chi connectivity index (χ3n) is 4.06. The Kier molecular flexibility index (Phi) is 2.99. The first kappa shape index (κ1) is 11.6. The number of carbonyl (C=O) groups is 1. The largest absolute Gasteiger partial charge is 0.337 e. The third kappa shape index (κ3) is 2.10. The van der Waals surface area contributed by atoms with Gasteiger partial charge in [-0.3, -0.25) is 9.78 Å². The minimum Gasteiger partial charge on any atom is -0.337 e. The van der Waals surface area contributed by atoms with Crippen LogP contribution in [0.1, 0.15) is 29.8 Å². The molecule has 0 saturated carbocycles. The van der Waals surface area contributed by atoms with Gasteiger partial charge in [0.2, 0.25) is 0 Å². The number of nitrogens with zero attached hydrogens (tertiary/aromatic N) is 3. The van der Waals surface area contributed by atoms with Gasteiger partial charge in [0.1, 0.15) is 5.69 Å². The molecule has 1 spiro atoms. The summed E-state index contributed by atoms with van der Waals surface area (Å²) < 4.78 is 0. The zero-order valence-corrected chi connectivity index (χ0v) is 10.4. The van der Waals surface area contributed by atoms with Crippen molar-refractivity contribution in [1.29, 1.82) is 0 Å². The van der Waals surface area contributed by atoms with E-state index in [0.717, 1.165) is 32.6 Å². The van der Waals surface area contributed by atoms with Gasteiger partial charge in [0.05, 0.1) is 6.20 Å². The van der Waals surface area contributed by atoms with Crippen molar-refractivity contribution in [2.75, 3.05) is 26.2 Å². The Morgan fingerprint density at radius 3 is 3.06 bits per heavy atom. The van der Waals surface area contributed by atoms with Crippen molar-refractivity contribution in [2.24, 2.45) is 5.41 Å². The molecule has 5 heteroatoms. The van der Waals surface area contributed by atoms with Crippen molar-refractivity contribution in [3.05, 3.63) is 24.3 Å². The second-order valence-electron chi connectivity index (χ2n) is 5.35. The Bertz CT molecular complexity index is 428. The highest BCUT2D eigenvalue weighted by atomic mass is 16.2. The van der Waals surface area contributed by atoms with Gasteiger partial charge < -0.3 is 10.2 Å². The van der Waals surface area contributed by atoms with E-state index in [1.165, 1.54) is 12.8 Å². The van der Waals surface area contributed by atoms with E-state index in [9.17, 15) is 4.79 Å². The summed E-state index contributed by atoms with van der Waals surface area (Å²) in [6, 6.07) is 0. The van der Waals surface area contributed by atoms with E-state index in [1.807, 2.05) is 4.90 Å². The maximum Gasteiger partial charge on any atom is 0.274 e. The molecular weight excluding hydrogens is 228 g/mol. The van der Waals surface area contributed by atoms with Crippen LogP contribution in [0, 0.1) is 5.41 Å². The lowest BCUT2D eigenvalue weighted by Gasteiger charge is -2.39. The van der Waals surface area contributed by atoms with Crippen molar-refractivity contribution >= 4 is 5.91 Å². The maximum atomic E-state index is 12.3. The highest BCUT2D eigenvalue weighted by molar-refractivity contribution is 5.92. The van der Waals surface area contributed by atoms with Crippen molar-refractivity contribution in [2.45, 2.75) is 19.3 Å². The van der Waals surface area contributed by atoms with E-state index in [2.05, 4.69) is 15.3 Å². The minimum absolute atomic E-state index is 0.0223. The van der Waals surface area contributed by atoms with Gasteiger partial charge in [-0.1, -0.05) is 0 Å². The van der Waals surface area contributed by atoms with Gasteiger partial charge in [0.25, 0.3) is 5.91 Å². The van der Waals surface area contributed by atoms with Crippen LogP contribution >= 0.6 is 0 Å². The molecule has 2 fully saturated rings. The van der Waals surface area contributed by atoms with Crippen LogP contribution in [0.4, 0.5) is 0 Å². The molecule has 2 aliphatic rings. The van der Waals surface area contributed by atoms with Gasteiger partial charge in [-0.15, -0.1) is 0 Å². The molecule has 0 aliphatic carbocycles. The van der Waals surface area contributed by atoms with Crippen LogP contribution < -0.4 is 5.32 Å². The fourth-order valence-electron chi connectivity index (χ4n) is 3.10. The molecule has 0 radical (unpaired) electrons. The first-order chi connectivity index (χ1) is 8.79. The number of hydrogen-bond acceptors (Lipinski definition) is 4. The summed E-state index contributed by atoms with van der Waals surface area (Å²) in [5, 5.41) is 3.42. The number of aromatic nitrogens is 2. The summed E-state index contributed by atoms with van der Waals surface area (Å²) in [5.74, 6) is 0.0223. The van der Waals surface area contributed by atoms with Crippen molar-refractivity contribution in [1.82, 2.24) is 20.2 Å². The first-order valence-corrected chi connectivity index (χ1v) is 6.55. The molecule has 1 aromatic heterocycles. The van der Waals surface area contributed by atoms with Gasteiger partial charge in [-0.25, -0.2) is 4.98 Å². The van der Waals surface area contributed by atoms with Crippen LogP contribution in [-0.4, -0.2) is 47.0 Å². The van der Waals surface area contributed by atoms with E-state index in [4.69, 9.17) is 0 Å². The number of amides is 1. The summed E-state index contributed by atoms with van der Waals surface area (Å²) in [7, 11) is 0. The predicted octanol–water partition coefficient (Wildman–Crippen LogP) is 0.692. The number of piperidine rings is 1. The summed E-state index contributed by atoms with van der Waals surface area (Å²) in [6.45, 7) is 3.82. The molecule has 2 saturated heterocycles. The standard InChI is InChI=1S/C13H18N4O/c18-12(11-8-14-5-6-16-11)17-7-1-2-13(10-17)3-4-15-9-13/h5-6,8,15H,1-4,7,9-10H2/t13-/m0/s1. The molecule has 0 aromatic carbocycles. The SMILES string of the molecule is O=C(c1cnccn1)N1CCC[C@@]2(CCNC2)C1. The Balaban J connectivity index is 1.74. The Hall–Kier alpha value is -1.49. The first-order valence-electron chi connectivity index (χ1n) is 6.55. The lowest BCUT2D eigenvalue weighted by Crippen LogP contribution is -2.47. The molecule has 1 aromatic rings. The second-order valence-corrected chi connectivity index (χ2v) is 5.35. The van der Waals surface area contributed by atoms with Gasteiger partial charge in [-0.05, 0) is 25.8 Å². The molecule has 1 N–H and O–H groups in total. The lowest BCUT2D eigenvalue weighted by molar-refractivity contribution is 0.0547. The number of nitrogens with one attached hydrogen (secondary N) is 1. The average molecular weight is 246 g/mol. The van der Waals surface area contributed by atoms with Crippen LogP contribution in [0.15, 0.2) is 18.6 Å². The van der Waals surface area contributed by atoms with Crippen LogP contribution in [0.25, 0.3) is 0 Å². The molecule has 3 rings (SSSR count). The van der Waals surface area contributed by atoms with Crippen molar-refractivity contribution in [3.63, 3.8) is 0 Å². The molecule has 18 heavy (non-hydrogen) atoms. The average Bonchev–Trinajstić information content (AvgIpc) is 2.87. The topological polar surface area (TPSA) is 58.1 Å². The predicted molar refractivity (Wildman–Crippen MR) is 67.1 cm³/mol. The van der Waals surface area contributed by atoms with E-state index in [-0.39, 0.29) is 5.91 Å². The molecule has 3 heterocycles. The Morgan fingerprint density at radius 2 is 2.33 bits per heavy atom. The minimum atomic E-state index is 0.0223. The fraction of sp³-hybridized carbons (Fsp3) is 0.615. The lowest BCUT2D eigenvalue weighted by atomic mass is 9.79. The summed E-state index contributed by atoms with van der Waals surface area (Å²) >= 11 is 0. The molecule has 2 aliphatic heterocycles. The maximum absolute atomic E-state index is 12.3.